The Kier molecular flexibility index (Phi) is 4.06. The van der Waals surface area contributed by atoms with Gasteiger partial charge in [0.05, 0.1) is 19.8 Å². The van der Waals surface area contributed by atoms with E-state index in [1.54, 1.807) is 6.07 Å². The molecule has 1 aromatic rings. The van der Waals surface area contributed by atoms with E-state index in [2.05, 4.69) is 5.32 Å². The maximum absolute atomic E-state index is 12.7. The first kappa shape index (κ1) is 16.2. The van der Waals surface area contributed by atoms with E-state index in [1.165, 1.54) is 33.5 Å². The Morgan fingerprint density at radius 3 is 2.76 bits per heavy atom. The summed E-state index contributed by atoms with van der Waals surface area (Å²) < 4.78 is 15.9. The highest BCUT2D eigenvalue weighted by Crippen LogP contribution is 2.50. The summed E-state index contributed by atoms with van der Waals surface area (Å²) >= 11 is 0. The molecule has 1 N–H and O–H groups in total. The molecule has 1 aromatic carbocycles. The summed E-state index contributed by atoms with van der Waals surface area (Å²) in [5.74, 6) is 2.26. The number of cyclic esters (lactones) is 1. The lowest BCUT2D eigenvalue weighted by atomic mass is 9.86. The molecule has 134 valence electrons. The topological polar surface area (TPSA) is 73.9 Å². The van der Waals surface area contributed by atoms with Gasteiger partial charge in [0.2, 0.25) is 5.91 Å². The lowest BCUT2D eigenvalue weighted by Gasteiger charge is -2.22. The maximum Gasteiger partial charge on any atom is 0.341 e. The van der Waals surface area contributed by atoms with Crippen molar-refractivity contribution in [3.8, 4) is 11.5 Å². The molecule has 1 aliphatic heterocycles. The van der Waals surface area contributed by atoms with E-state index in [1.807, 2.05) is 0 Å². The van der Waals surface area contributed by atoms with E-state index < -0.39 is 5.97 Å². The predicted octanol–water partition coefficient (Wildman–Crippen LogP) is 3.14. The normalized spacial score (nSPS) is 26.3. The number of fused-ring (bicyclic) bond motifs is 3. The van der Waals surface area contributed by atoms with Crippen LogP contribution in [0.3, 0.4) is 0 Å². The monoisotopic (exact) mass is 345 g/mol. The van der Waals surface area contributed by atoms with Gasteiger partial charge in [-0.1, -0.05) is 6.42 Å². The molecule has 4 rings (SSSR count). The molecule has 0 aromatic heterocycles. The standard InChI is InChI=1S/C19H23NO5/c1-23-14-7-13-9-25-19(22)16(13)17(18(14)24-2)20-15(21)8-12-6-10-3-4-11(12)5-10/h7,10-12H,3-6,8-9H2,1-2H3,(H,20,21)/t10-,11-,12-/m0/s1. The largest absolute Gasteiger partial charge is 0.493 e. The van der Waals surface area contributed by atoms with Crippen LogP contribution in [0.2, 0.25) is 0 Å². The molecule has 25 heavy (non-hydrogen) atoms. The van der Waals surface area contributed by atoms with Gasteiger partial charge in [0.25, 0.3) is 0 Å². The third-order valence-corrected chi connectivity index (χ3v) is 5.91. The number of hydrogen-bond acceptors (Lipinski definition) is 5. The van der Waals surface area contributed by atoms with Crippen molar-refractivity contribution in [1.29, 1.82) is 0 Å². The Hall–Kier alpha value is -2.24. The zero-order valence-corrected chi connectivity index (χ0v) is 14.6. The molecule has 1 amide bonds. The number of ether oxygens (including phenoxy) is 3. The summed E-state index contributed by atoms with van der Waals surface area (Å²) in [6.45, 7) is 0.184. The minimum absolute atomic E-state index is 0.0778. The van der Waals surface area contributed by atoms with Crippen LogP contribution in [0.5, 0.6) is 11.5 Å². The Labute approximate surface area is 146 Å². The van der Waals surface area contributed by atoms with Crippen molar-refractivity contribution in [2.24, 2.45) is 17.8 Å². The van der Waals surface area contributed by atoms with Crippen LogP contribution in [0, 0.1) is 17.8 Å². The summed E-state index contributed by atoms with van der Waals surface area (Å²) in [7, 11) is 3.03. The van der Waals surface area contributed by atoms with E-state index in [0.29, 0.717) is 46.6 Å². The number of anilines is 1. The Morgan fingerprint density at radius 2 is 2.12 bits per heavy atom. The molecular weight excluding hydrogens is 322 g/mol. The van der Waals surface area contributed by atoms with E-state index >= 15 is 0 Å². The van der Waals surface area contributed by atoms with Crippen LogP contribution in [-0.2, 0) is 16.1 Å². The zero-order valence-electron chi connectivity index (χ0n) is 14.6. The number of benzene rings is 1. The molecule has 3 aliphatic rings. The van der Waals surface area contributed by atoms with Gasteiger partial charge in [-0.2, -0.15) is 0 Å². The first-order valence-electron chi connectivity index (χ1n) is 8.85. The summed E-state index contributed by atoms with van der Waals surface area (Å²) in [5.41, 5.74) is 1.45. The van der Waals surface area contributed by atoms with Gasteiger partial charge in [-0.05, 0) is 43.1 Å². The third-order valence-electron chi connectivity index (χ3n) is 5.91. The highest BCUT2D eigenvalue weighted by Gasteiger charge is 2.40. The number of hydrogen-bond donors (Lipinski definition) is 1. The average Bonchev–Trinajstić information content (AvgIpc) is 3.30. The van der Waals surface area contributed by atoms with Crippen molar-refractivity contribution < 1.29 is 23.8 Å². The number of amides is 1. The first-order valence-corrected chi connectivity index (χ1v) is 8.85. The lowest BCUT2D eigenvalue weighted by Crippen LogP contribution is -2.21. The second-order valence-electron chi connectivity index (χ2n) is 7.28. The molecule has 6 heteroatoms. The molecule has 0 saturated heterocycles. The second-order valence-corrected chi connectivity index (χ2v) is 7.28. The van der Waals surface area contributed by atoms with Gasteiger partial charge in [0, 0.05) is 12.0 Å². The minimum Gasteiger partial charge on any atom is -0.493 e. The molecule has 0 spiro atoms. The number of nitrogens with one attached hydrogen (secondary N) is 1. The molecule has 2 bridgehead atoms. The molecule has 3 atom stereocenters. The number of methoxy groups -OCH3 is 2. The summed E-state index contributed by atoms with van der Waals surface area (Å²) in [5, 5.41) is 2.91. The summed E-state index contributed by atoms with van der Waals surface area (Å²) in [6, 6.07) is 1.73. The first-order chi connectivity index (χ1) is 12.1. The molecule has 2 aliphatic carbocycles. The zero-order chi connectivity index (χ0) is 17.6. The van der Waals surface area contributed by atoms with Crippen molar-refractivity contribution in [2.75, 3.05) is 19.5 Å². The lowest BCUT2D eigenvalue weighted by molar-refractivity contribution is -0.117. The van der Waals surface area contributed by atoms with Gasteiger partial charge in [0.15, 0.2) is 11.5 Å². The molecule has 2 fully saturated rings. The van der Waals surface area contributed by atoms with Crippen LogP contribution in [0.4, 0.5) is 5.69 Å². The SMILES string of the molecule is COc1cc2c(c(NC(=O)C[C@@H]3C[C@H]4CC[C@H]3C4)c1OC)C(=O)OC2. The minimum atomic E-state index is -0.439. The molecule has 2 saturated carbocycles. The van der Waals surface area contributed by atoms with Crippen LogP contribution < -0.4 is 14.8 Å². The van der Waals surface area contributed by atoms with Gasteiger partial charge in [0.1, 0.15) is 12.3 Å². The number of esters is 1. The van der Waals surface area contributed by atoms with E-state index in [-0.39, 0.29) is 12.5 Å². The van der Waals surface area contributed by atoms with Crippen molar-refractivity contribution >= 4 is 17.6 Å². The Morgan fingerprint density at radius 1 is 1.28 bits per heavy atom. The fraction of sp³-hybridized carbons (Fsp3) is 0.579. The summed E-state index contributed by atoms with van der Waals surface area (Å²) in [4.78, 5) is 24.8. The van der Waals surface area contributed by atoms with Gasteiger partial charge in [-0.15, -0.1) is 0 Å². The number of carbonyl (C=O) groups excluding carboxylic acids is 2. The summed E-state index contributed by atoms with van der Waals surface area (Å²) in [6.07, 6.45) is 5.46. The van der Waals surface area contributed by atoms with E-state index in [9.17, 15) is 9.59 Å². The van der Waals surface area contributed by atoms with Crippen LogP contribution in [-0.4, -0.2) is 26.1 Å². The fourth-order valence-corrected chi connectivity index (χ4v) is 4.78. The highest BCUT2D eigenvalue weighted by atomic mass is 16.5. The van der Waals surface area contributed by atoms with E-state index in [4.69, 9.17) is 14.2 Å². The predicted molar refractivity (Wildman–Crippen MR) is 90.9 cm³/mol. The van der Waals surface area contributed by atoms with Crippen molar-refractivity contribution in [3.63, 3.8) is 0 Å². The number of carbonyl (C=O) groups is 2. The van der Waals surface area contributed by atoms with Gasteiger partial charge < -0.3 is 19.5 Å². The molecule has 0 radical (unpaired) electrons. The van der Waals surface area contributed by atoms with Gasteiger partial charge >= 0.3 is 5.97 Å². The van der Waals surface area contributed by atoms with E-state index in [0.717, 1.165) is 12.3 Å². The van der Waals surface area contributed by atoms with Crippen LogP contribution in [0.15, 0.2) is 6.07 Å². The second kappa shape index (κ2) is 6.24. The fourth-order valence-electron chi connectivity index (χ4n) is 4.78. The van der Waals surface area contributed by atoms with Gasteiger partial charge in [-0.25, -0.2) is 4.79 Å². The molecular formula is C19H23NO5. The highest BCUT2D eigenvalue weighted by molar-refractivity contribution is 6.06. The Balaban J connectivity index is 1.59. The van der Waals surface area contributed by atoms with Crippen LogP contribution in [0.1, 0.15) is 48.0 Å². The maximum atomic E-state index is 12.7. The quantitative estimate of drug-likeness (QED) is 0.830. The average molecular weight is 345 g/mol. The smallest absolute Gasteiger partial charge is 0.341 e. The van der Waals surface area contributed by atoms with Crippen molar-refractivity contribution in [3.05, 3.63) is 17.2 Å². The third kappa shape index (κ3) is 2.73. The van der Waals surface area contributed by atoms with Crippen LogP contribution >= 0.6 is 0 Å². The molecule has 0 unspecified atom stereocenters. The Bertz CT molecular complexity index is 729. The van der Waals surface area contributed by atoms with Gasteiger partial charge in [-0.3, -0.25) is 4.79 Å². The number of rotatable bonds is 5. The molecule has 6 nitrogen and oxygen atoms in total. The van der Waals surface area contributed by atoms with Crippen molar-refractivity contribution in [2.45, 2.75) is 38.7 Å². The molecule has 1 heterocycles. The van der Waals surface area contributed by atoms with Crippen molar-refractivity contribution in [1.82, 2.24) is 0 Å². The van der Waals surface area contributed by atoms with Crippen LogP contribution in [0.25, 0.3) is 0 Å².